The van der Waals surface area contributed by atoms with Gasteiger partial charge in [0, 0.05) is 16.8 Å². The van der Waals surface area contributed by atoms with Crippen molar-refractivity contribution in [3.63, 3.8) is 0 Å². The quantitative estimate of drug-likeness (QED) is 0.576. The third kappa shape index (κ3) is 6.78. The van der Waals surface area contributed by atoms with Crippen LogP contribution in [0.3, 0.4) is 0 Å². The first kappa shape index (κ1) is 24.8. The summed E-state index contributed by atoms with van der Waals surface area (Å²) in [6.07, 6.45) is 0. The number of hydrogen-bond donors (Lipinski definition) is 3. The maximum atomic E-state index is 12.8. The van der Waals surface area contributed by atoms with E-state index in [1.165, 1.54) is 12.1 Å². The van der Waals surface area contributed by atoms with Crippen LogP contribution in [0.15, 0.2) is 41.3 Å². The van der Waals surface area contributed by atoms with Gasteiger partial charge in [-0.15, -0.1) is 0 Å². The van der Waals surface area contributed by atoms with Crippen LogP contribution in [-0.4, -0.2) is 34.0 Å². The number of rotatable bonds is 7. The Morgan fingerprint density at radius 3 is 2.13 bits per heavy atom. The number of aryl methyl sites for hydroxylation is 2. The van der Waals surface area contributed by atoms with Gasteiger partial charge in [0.2, 0.25) is 20.0 Å². The van der Waals surface area contributed by atoms with Crippen LogP contribution in [0.25, 0.3) is 0 Å². The lowest BCUT2D eigenvalue weighted by Crippen LogP contribution is -2.40. The first-order valence-corrected chi connectivity index (χ1v) is 12.8. The molecule has 0 saturated carbocycles. The van der Waals surface area contributed by atoms with Crippen molar-refractivity contribution in [2.75, 3.05) is 15.8 Å². The van der Waals surface area contributed by atoms with E-state index in [0.717, 1.165) is 0 Å². The molecule has 2 aromatic rings. The van der Waals surface area contributed by atoms with Crippen molar-refractivity contribution in [2.45, 2.75) is 52.0 Å². The number of carbonyl (C=O) groups is 1. The van der Waals surface area contributed by atoms with Gasteiger partial charge in [0.25, 0.3) is 5.91 Å². The number of benzene rings is 2. The first-order chi connectivity index (χ1) is 14.1. The average molecular weight is 468 g/mol. The van der Waals surface area contributed by atoms with E-state index >= 15 is 0 Å². The van der Waals surface area contributed by atoms with Gasteiger partial charge in [-0.05, 0) is 83.0 Å². The summed E-state index contributed by atoms with van der Waals surface area (Å²) in [6.45, 7) is 10.2. The van der Waals surface area contributed by atoms with Crippen molar-refractivity contribution >= 4 is 37.3 Å². The zero-order chi connectivity index (χ0) is 23.6. The molecule has 0 bridgehead atoms. The van der Waals surface area contributed by atoms with Crippen LogP contribution in [0.2, 0.25) is 0 Å². The summed E-state index contributed by atoms with van der Waals surface area (Å²) in [4.78, 5) is 12.8. The van der Waals surface area contributed by atoms with Crippen LogP contribution in [0.4, 0.5) is 11.4 Å². The molecule has 0 heterocycles. The van der Waals surface area contributed by atoms with Crippen molar-refractivity contribution in [3.8, 4) is 0 Å². The van der Waals surface area contributed by atoms with E-state index in [1.807, 2.05) is 0 Å². The molecule has 0 aliphatic heterocycles. The molecule has 1 amide bonds. The second-order valence-corrected chi connectivity index (χ2v) is 12.0. The summed E-state index contributed by atoms with van der Waals surface area (Å²) in [5.41, 5.74) is 1.71. The molecule has 0 unspecified atom stereocenters. The zero-order valence-electron chi connectivity index (χ0n) is 18.5. The third-order valence-electron chi connectivity index (χ3n) is 4.33. The second kappa shape index (κ2) is 8.97. The molecule has 0 spiro atoms. The van der Waals surface area contributed by atoms with Crippen molar-refractivity contribution < 1.29 is 21.6 Å². The molecule has 0 atom stereocenters. The number of amides is 1. The van der Waals surface area contributed by atoms with E-state index in [0.29, 0.717) is 22.5 Å². The summed E-state index contributed by atoms with van der Waals surface area (Å²) >= 11 is 0. The maximum Gasteiger partial charge on any atom is 0.255 e. The Labute approximate surface area is 184 Å². The molecule has 170 valence electrons. The average Bonchev–Trinajstić information content (AvgIpc) is 2.62. The van der Waals surface area contributed by atoms with E-state index in [2.05, 4.69) is 14.8 Å². The second-order valence-electron chi connectivity index (χ2n) is 8.32. The van der Waals surface area contributed by atoms with Gasteiger partial charge in [0.05, 0.1) is 16.3 Å². The highest BCUT2D eigenvalue weighted by atomic mass is 32.2. The van der Waals surface area contributed by atoms with E-state index in [9.17, 15) is 21.6 Å². The molecule has 0 radical (unpaired) electrons. The lowest BCUT2D eigenvalue weighted by Gasteiger charge is -2.20. The Kier molecular flexibility index (Phi) is 7.19. The lowest BCUT2D eigenvalue weighted by atomic mass is 10.1. The van der Waals surface area contributed by atoms with Gasteiger partial charge in [-0.2, -0.15) is 0 Å². The van der Waals surface area contributed by atoms with E-state index < -0.39 is 31.5 Å². The minimum atomic E-state index is -3.79. The Hall–Kier alpha value is -2.43. The topological polar surface area (TPSA) is 121 Å². The van der Waals surface area contributed by atoms with Gasteiger partial charge in [0.15, 0.2) is 0 Å². The number of sulfonamides is 2. The largest absolute Gasteiger partial charge is 0.322 e. The Morgan fingerprint density at radius 2 is 1.58 bits per heavy atom. The minimum Gasteiger partial charge on any atom is -0.322 e. The molecule has 31 heavy (non-hydrogen) atoms. The summed E-state index contributed by atoms with van der Waals surface area (Å²) < 4.78 is 53.8. The van der Waals surface area contributed by atoms with Crippen LogP contribution in [-0.2, 0) is 20.0 Å². The van der Waals surface area contributed by atoms with Gasteiger partial charge in [-0.1, -0.05) is 6.07 Å². The SMILES string of the molecule is CCS(=O)(=O)Nc1ccc(NC(=O)c2cc(S(=O)(=O)NC(C)(C)C)ccc2C)cc1C. The highest BCUT2D eigenvalue weighted by Crippen LogP contribution is 2.23. The number of anilines is 2. The molecule has 10 heteroatoms. The van der Waals surface area contributed by atoms with Crippen molar-refractivity contribution in [3.05, 3.63) is 53.1 Å². The van der Waals surface area contributed by atoms with Gasteiger partial charge in [-0.25, -0.2) is 21.6 Å². The molecule has 3 N–H and O–H groups in total. The Morgan fingerprint density at radius 1 is 0.935 bits per heavy atom. The third-order valence-corrected chi connectivity index (χ3v) is 7.38. The fourth-order valence-corrected chi connectivity index (χ4v) is 4.92. The normalized spacial score (nSPS) is 12.5. The number of hydrogen-bond acceptors (Lipinski definition) is 5. The van der Waals surface area contributed by atoms with Crippen LogP contribution in [0, 0.1) is 13.8 Å². The standard InChI is InChI=1S/C21H29N3O5S2/c1-7-30(26,27)23-19-11-9-16(12-15(19)3)22-20(25)18-13-17(10-8-14(18)2)31(28,29)24-21(4,5)6/h8-13,23-24H,7H2,1-6H3,(H,22,25). The molecule has 0 saturated heterocycles. The van der Waals surface area contributed by atoms with Crippen LogP contribution in [0.5, 0.6) is 0 Å². The van der Waals surface area contributed by atoms with E-state index in [-0.39, 0.29) is 16.2 Å². The van der Waals surface area contributed by atoms with E-state index in [1.54, 1.807) is 65.8 Å². The van der Waals surface area contributed by atoms with Crippen LogP contribution in [0.1, 0.15) is 49.2 Å². The Balaban J connectivity index is 2.29. The number of carbonyl (C=O) groups excluding carboxylic acids is 1. The summed E-state index contributed by atoms with van der Waals surface area (Å²) in [5, 5.41) is 2.74. The van der Waals surface area contributed by atoms with Gasteiger partial charge >= 0.3 is 0 Å². The molecule has 0 aliphatic rings. The fraction of sp³-hybridized carbons (Fsp3) is 0.381. The van der Waals surface area contributed by atoms with Crippen molar-refractivity contribution in [1.82, 2.24) is 4.72 Å². The summed E-state index contributed by atoms with van der Waals surface area (Å²) in [5.74, 6) is -0.514. The zero-order valence-corrected chi connectivity index (χ0v) is 20.2. The molecular weight excluding hydrogens is 438 g/mol. The predicted molar refractivity (Wildman–Crippen MR) is 123 cm³/mol. The van der Waals surface area contributed by atoms with Crippen molar-refractivity contribution in [1.29, 1.82) is 0 Å². The molecule has 0 aliphatic carbocycles. The molecule has 8 nitrogen and oxygen atoms in total. The fourth-order valence-electron chi connectivity index (χ4n) is 2.77. The molecule has 0 fully saturated rings. The smallest absolute Gasteiger partial charge is 0.255 e. The monoisotopic (exact) mass is 467 g/mol. The Bertz CT molecular complexity index is 1200. The predicted octanol–water partition coefficient (Wildman–Crippen LogP) is 3.39. The molecule has 0 aromatic heterocycles. The van der Waals surface area contributed by atoms with Crippen molar-refractivity contribution in [2.24, 2.45) is 0 Å². The maximum absolute atomic E-state index is 12.8. The molecular formula is C21H29N3O5S2. The van der Waals surface area contributed by atoms with Crippen LogP contribution >= 0.6 is 0 Å². The highest BCUT2D eigenvalue weighted by molar-refractivity contribution is 7.92. The summed E-state index contributed by atoms with van der Waals surface area (Å²) in [6, 6.07) is 9.17. The van der Waals surface area contributed by atoms with Crippen LogP contribution < -0.4 is 14.8 Å². The van der Waals surface area contributed by atoms with E-state index in [4.69, 9.17) is 0 Å². The van der Waals surface area contributed by atoms with Gasteiger partial charge in [-0.3, -0.25) is 9.52 Å². The lowest BCUT2D eigenvalue weighted by molar-refractivity contribution is 0.102. The minimum absolute atomic E-state index is 0.00123. The molecule has 2 aromatic carbocycles. The van der Waals surface area contributed by atoms with Gasteiger partial charge < -0.3 is 5.32 Å². The number of nitrogens with one attached hydrogen (secondary N) is 3. The summed E-state index contributed by atoms with van der Waals surface area (Å²) in [7, 11) is -7.20. The first-order valence-electron chi connectivity index (χ1n) is 9.71. The highest BCUT2D eigenvalue weighted by Gasteiger charge is 2.23. The molecule has 2 rings (SSSR count). The van der Waals surface area contributed by atoms with Gasteiger partial charge in [0.1, 0.15) is 0 Å².